The van der Waals surface area contributed by atoms with Gasteiger partial charge >= 0.3 is 0 Å². The van der Waals surface area contributed by atoms with Crippen molar-refractivity contribution < 1.29 is 4.74 Å². The van der Waals surface area contributed by atoms with Crippen LogP contribution in [0.15, 0.2) is 29.5 Å². The SMILES string of the molecule is COc1ccc(C2=CCNC2)cc1N=O. The second-order valence-corrected chi connectivity index (χ2v) is 3.34. The number of nitrogens with zero attached hydrogens (tertiary/aromatic N) is 1. The summed E-state index contributed by atoms with van der Waals surface area (Å²) in [7, 11) is 1.53. The van der Waals surface area contributed by atoms with Crippen LogP contribution in [0.3, 0.4) is 0 Å². The normalized spacial score (nSPS) is 14.9. The van der Waals surface area contributed by atoms with Gasteiger partial charge in [0.05, 0.1) is 7.11 Å². The van der Waals surface area contributed by atoms with E-state index in [1.165, 1.54) is 12.7 Å². The molecule has 0 aromatic heterocycles. The van der Waals surface area contributed by atoms with Crippen molar-refractivity contribution in [2.75, 3.05) is 20.2 Å². The van der Waals surface area contributed by atoms with E-state index in [0.717, 1.165) is 18.7 Å². The van der Waals surface area contributed by atoms with Gasteiger partial charge in [-0.05, 0) is 28.4 Å². The molecule has 0 fully saturated rings. The summed E-state index contributed by atoms with van der Waals surface area (Å²) >= 11 is 0. The lowest BCUT2D eigenvalue weighted by atomic mass is 10.1. The Morgan fingerprint density at radius 1 is 1.47 bits per heavy atom. The van der Waals surface area contributed by atoms with Gasteiger partial charge in [-0.1, -0.05) is 12.1 Å². The molecule has 1 N–H and O–H groups in total. The molecule has 1 heterocycles. The van der Waals surface area contributed by atoms with Gasteiger partial charge in [0.1, 0.15) is 11.4 Å². The minimum atomic E-state index is 0.350. The summed E-state index contributed by atoms with van der Waals surface area (Å²) in [5, 5.41) is 6.16. The van der Waals surface area contributed by atoms with E-state index < -0.39 is 0 Å². The van der Waals surface area contributed by atoms with E-state index >= 15 is 0 Å². The van der Waals surface area contributed by atoms with Crippen LogP contribution in [0.5, 0.6) is 5.75 Å². The maximum Gasteiger partial charge on any atom is 0.150 e. The third kappa shape index (κ3) is 1.89. The summed E-state index contributed by atoms with van der Waals surface area (Å²) in [5.74, 6) is 0.514. The number of nitrogens with one attached hydrogen (secondary N) is 1. The molecule has 0 spiro atoms. The molecular formula is C11H12N2O2. The van der Waals surface area contributed by atoms with Crippen LogP contribution < -0.4 is 10.1 Å². The number of hydrogen-bond donors (Lipinski definition) is 1. The Morgan fingerprint density at radius 2 is 2.33 bits per heavy atom. The molecule has 1 aliphatic rings. The van der Waals surface area contributed by atoms with Crippen molar-refractivity contribution in [3.63, 3.8) is 0 Å². The van der Waals surface area contributed by atoms with Crippen LogP contribution in [0.1, 0.15) is 5.56 Å². The zero-order chi connectivity index (χ0) is 10.7. The van der Waals surface area contributed by atoms with E-state index in [2.05, 4.69) is 16.6 Å². The molecule has 1 aromatic rings. The molecule has 78 valence electrons. The van der Waals surface area contributed by atoms with Gasteiger partial charge in [0.15, 0.2) is 0 Å². The predicted octanol–water partition coefficient (Wildman–Crippen LogP) is 2.08. The van der Waals surface area contributed by atoms with E-state index in [1.807, 2.05) is 6.07 Å². The summed E-state index contributed by atoms with van der Waals surface area (Å²) in [4.78, 5) is 10.6. The second kappa shape index (κ2) is 4.23. The molecule has 0 bridgehead atoms. The Labute approximate surface area is 87.9 Å². The average Bonchev–Trinajstić information content (AvgIpc) is 2.81. The molecule has 4 heteroatoms. The number of ether oxygens (including phenoxy) is 1. The Bertz CT molecular complexity index is 413. The van der Waals surface area contributed by atoms with Gasteiger partial charge in [0.25, 0.3) is 0 Å². The lowest BCUT2D eigenvalue weighted by Crippen LogP contribution is -2.07. The molecule has 0 amide bonds. The first-order valence-electron chi connectivity index (χ1n) is 4.76. The smallest absolute Gasteiger partial charge is 0.150 e. The third-order valence-electron chi connectivity index (χ3n) is 2.46. The van der Waals surface area contributed by atoms with Crippen LogP contribution in [0.4, 0.5) is 5.69 Å². The Morgan fingerprint density at radius 3 is 2.93 bits per heavy atom. The zero-order valence-corrected chi connectivity index (χ0v) is 8.49. The molecule has 0 unspecified atom stereocenters. The first-order valence-corrected chi connectivity index (χ1v) is 4.76. The lowest BCUT2D eigenvalue weighted by molar-refractivity contribution is 0.416. The van der Waals surface area contributed by atoms with Gasteiger partial charge in [-0.2, -0.15) is 0 Å². The number of benzene rings is 1. The zero-order valence-electron chi connectivity index (χ0n) is 8.49. The molecule has 1 aliphatic heterocycles. The number of rotatable bonds is 3. The first kappa shape index (κ1) is 9.86. The van der Waals surface area contributed by atoms with E-state index in [-0.39, 0.29) is 0 Å². The molecule has 2 rings (SSSR count). The fraction of sp³-hybridized carbons (Fsp3) is 0.273. The average molecular weight is 204 g/mol. The van der Waals surface area contributed by atoms with E-state index in [9.17, 15) is 4.91 Å². The highest BCUT2D eigenvalue weighted by molar-refractivity contribution is 5.72. The largest absolute Gasteiger partial charge is 0.494 e. The number of nitroso groups, excluding NO2 is 1. The summed E-state index contributed by atoms with van der Waals surface area (Å²) in [6, 6.07) is 5.46. The molecule has 0 aliphatic carbocycles. The Balaban J connectivity index is 2.38. The fourth-order valence-electron chi connectivity index (χ4n) is 1.66. The molecule has 0 atom stereocenters. The summed E-state index contributed by atoms with van der Waals surface area (Å²) < 4.78 is 5.03. The Kier molecular flexibility index (Phi) is 2.78. The molecule has 0 radical (unpaired) electrons. The maximum atomic E-state index is 10.6. The maximum absolute atomic E-state index is 10.6. The van der Waals surface area contributed by atoms with Gasteiger partial charge in [-0.15, -0.1) is 4.91 Å². The van der Waals surface area contributed by atoms with Crippen LogP contribution in [0.25, 0.3) is 5.57 Å². The second-order valence-electron chi connectivity index (χ2n) is 3.34. The lowest BCUT2D eigenvalue weighted by Gasteiger charge is -2.06. The first-order chi connectivity index (χ1) is 7.35. The number of hydrogen-bond acceptors (Lipinski definition) is 4. The van der Waals surface area contributed by atoms with Gasteiger partial charge < -0.3 is 10.1 Å². The fourth-order valence-corrected chi connectivity index (χ4v) is 1.66. The molecule has 1 aromatic carbocycles. The molecular weight excluding hydrogens is 192 g/mol. The summed E-state index contributed by atoms with van der Waals surface area (Å²) in [6.45, 7) is 1.72. The predicted molar refractivity (Wildman–Crippen MR) is 59.3 cm³/mol. The van der Waals surface area contributed by atoms with Gasteiger partial charge in [-0.3, -0.25) is 0 Å². The Hall–Kier alpha value is -1.68. The highest BCUT2D eigenvalue weighted by Gasteiger charge is 2.10. The van der Waals surface area contributed by atoms with Gasteiger partial charge in [0.2, 0.25) is 0 Å². The van der Waals surface area contributed by atoms with Crippen molar-refractivity contribution >= 4 is 11.3 Å². The van der Waals surface area contributed by atoms with Crippen LogP contribution in [-0.2, 0) is 0 Å². The highest BCUT2D eigenvalue weighted by Crippen LogP contribution is 2.30. The van der Waals surface area contributed by atoms with Gasteiger partial charge in [-0.25, -0.2) is 0 Å². The van der Waals surface area contributed by atoms with Crippen molar-refractivity contribution in [3.8, 4) is 5.75 Å². The monoisotopic (exact) mass is 204 g/mol. The van der Waals surface area contributed by atoms with Crippen molar-refractivity contribution in [1.29, 1.82) is 0 Å². The molecule has 0 saturated carbocycles. The topological polar surface area (TPSA) is 50.7 Å². The van der Waals surface area contributed by atoms with E-state index in [1.54, 1.807) is 12.1 Å². The van der Waals surface area contributed by atoms with Crippen LogP contribution in [-0.4, -0.2) is 20.2 Å². The minimum Gasteiger partial charge on any atom is -0.494 e. The number of methoxy groups -OCH3 is 1. The third-order valence-corrected chi connectivity index (χ3v) is 2.46. The van der Waals surface area contributed by atoms with Crippen molar-refractivity contribution in [3.05, 3.63) is 34.7 Å². The highest BCUT2D eigenvalue weighted by atomic mass is 16.5. The summed E-state index contributed by atoms with van der Waals surface area (Å²) in [6.07, 6.45) is 2.11. The molecule has 0 saturated heterocycles. The van der Waals surface area contributed by atoms with E-state index in [4.69, 9.17) is 4.74 Å². The molecule has 4 nitrogen and oxygen atoms in total. The standard InChI is InChI=1S/C11H12N2O2/c1-15-11-3-2-8(6-10(11)13-14)9-4-5-12-7-9/h2-4,6,12H,5,7H2,1H3. The van der Waals surface area contributed by atoms with E-state index in [0.29, 0.717) is 11.4 Å². The van der Waals surface area contributed by atoms with Crippen molar-refractivity contribution in [2.45, 2.75) is 0 Å². The van der Waals surface area contributed by atoms with Crippen molar-refractivity contribution in [1.82, 2.24) is 5.32 Å². The van der Waals surface area contributed by atoms with Crippen molar-refractivity contribution in [2.24, 2.45) is 5.18 Å². The van der Waals surface area contributed by atoms with Gasteiger partial charge in [0, 0.05) is 13.1 Å². The minimum absolute atomic E-state index is 0.350. The quantitative estimate of drug-likeness (QED) is 0.767. The van der Waals surface area contributed by atoms with Crippen LogP contribution in [0.2, 0.25) is 0 Å². The van der Waals surface area contributed by atoms with Crippen LogP contribution >= 0.6 is 0 Å². The van der Waals surface area contributed by atoms with Crippen LogP contribution in [0, 0.1) is 4.91 Å². The molecule has 15 heavy (non-hydrogen) atoms. The summed E-state index contributed by atoms with van der Waals surface area (Å²) in [5.41, 5.74) is 2.57.